The van der Waals surface area contributed by atoms with E-state index in [-0.39, 0.29) is 17.7 Å². The Hall–Kier alpha value is -3.13. The molecule has 0 spiro atoms. The molecular formula is C25H28N4O3S. The molecule has 33 heavy (non-hydrogen) atoms. The highest BCUT2D eigenvalue weighted by Gasteiger charge is 2.43. The van der Waals surface area contributed by atoms with Gasteiger partial charge in [-0.25, -0.2) is 9.89 Å². The van der Waals surface area contributed by atoms with E-state index in [9.17, 15) is 9.59 Å². The zero-order chi connectivity index (χ0) is 23.5. The van der Waals surface area contributed by atoms with Crippen LogP contribution in [0, 0.1) is 5.92 Å². The Labute approximate surface area is 198 Å². The number of thioether (sulfide) groups is 1. The number of benzene rings is 2. The Morgan fingerprint density at radius 1 is 1.15 bits per heavy atom. The standard InChI is InChI=1S/C25H28N4O3S/c1-5-15(3)21-24(31)29-22(28-21)18-9-7-8-10-19(18)27-25(29)33-20(6-2)23(30)26-16-11-13-17(32-4)14-12-16/h7-15,20-21H,5-6H2,1-4H3,(H,26,30)/t15-,20-,21-/m0/s1. The van der Waals surface area contributed by atoms with Crippen LogP contribution in [0.25, 0.3) is 0 Å². The first-order valence-electron chi connectivity index (χ1n) is 11.2. The fourth-order valence-corrected chi connectivity index (χ4v) is 4.81. The van der Waals surface area contributed by atoms with Gasteiger partial charge in [0, 0.05) is 11.3 Å². The van der Waals surface area contributed by atoms with E-state index in [4.69, 9.17) is 14.7 Å². The summed E-state index contributed by atoms with van der Waals surface area (Å²) in [4.78, 5) is 37.6. The van der Waals surface area contributed by atoms with Crippen LogP contribution >= 0.6 is 11.8 Å². The normalized spacial score (nSPS) is 18.6. The van der Waals surface area contributed by atoms with Crippen LogP contribution in [0.4, 0.5) is 11.4 Å². The van der Waals surface area contributed by atoms with Crippen molar-refractivity contribution in [1.82, 2.24) is 4.90 Å². The minimum atomic E-state index is -0.435. The molecule has 2 aliphatic rings. The van der Waals surface area contributed by atoms with Crippen molar-refractivity contribution in [2.24, 2.45) is 15.9 Å². The van der Waals surface area contributed by atoms with E-state index in [1.807, 2.05) is 38.1 Å². The molecule has 2 amide bonds. The Morgan fingerprint density at radius 3 is 2.55 bits per heavy atom. The monoisotopic (exact) mass is 464 g/mol. The molecule has 1 N–H and O–H groups in total. The summed E-state index contributed by atoms with van der Waals surface area (Å²) in [5.74, 6) is 1.25. The molecule has 0 fully saturated rings. The average molecular weight is 465 g/mol. The van der Waals surface area contributed by atoms with Crippen molar-refractivity contribution in [2.45, 2.75) is 44.9 Å². The van der Waals surface area contributed by atoms with Gasteiger partial charge in [-0.1, -0.05) is 51.1 Å². The number of fused-ring (bicyclic) bond motifs is 3. The molecule has 8 heteroatoms. The molecule has 0 aliphatic carbocycles. The van der Waals surface area contributed by atoms with Crippen molar-refractivity contribution < 1.29 is 14.3 Å². The molecule has 0 unspecified atom stereocenters. The number of rotatable bonds is 7. The summed E-state index contributed by atoms with van der Waals surface area (Å²) >= 11 is 1.30. The zero-order valence-electron chi connectivity index (χ0n) is 19.2. The predicted octanol–water partition coefficient (Wildman–Crippen LogP) is 4.85. The van der Waals surface area contributed by atoms with Crippen molar-refractivity contribution in [1.29, 1.82) is 0 Å². The van der Waals surface area contributed by atoms with Gasteiger partial charge in [0.1, 0.15) is 17.6 Å². The van der Waals surface area contributed by atoms with Crippen LogP contribution in [0.15, 0.2) is 58.5 Å². The van der Waals surface area contributed by atoms with Gasteiger partial charge in [-0.2, -0.15) is 0 Å². The molecule has 3 atom stereocenters. The van der Waals surface area contributed by atoms with Gasteiger partial charge in [-0.3, -0.25) is 14.6 Å². The van der Waals surface area contributed by atoms with Gasteiger partial charge in [0.2, 0.25) is 5.91 Å². The number of hydrogen-bond donors (Lipinski definition) is 1. The van der Waals surface area contributed by atoms with Gasteiger partial charge in [-0.15, -0.1) is 0 Å². The number of carbonyl (C=O) groups is 2. The average Bonchev–Trinajstić information content (AvgIpc) is 3.20. The molecule has 0 aromatic heterocycles. The highest BCUT2D eigenvalue weighted by Crippen LogP contribution is 2.36. The fourth-order valence-electron chi connectivity index (χ4n) is 3.79. The highest BCUT2D eigenvalue weighted by molar-refractivity contribution is 8.15. The third-order valence-electron chi connectivity index (χ3n) is 5.95. The highest BCUT2D eigenvalue weighted by atomic mass is 32.2. The third-order valence-corrected chi connectivity index (χ3v) is 7.27. The summed E-state index contributed by atoms with van der Waals surface area (Å²) in [6, 6.07) is 14.4. The molecular weight excluding hydrogens is 436 g/mol. The number of para-hydroxylation sites is 1. The van der Waals surface area contributed by atoms with Crippen LogP contribution in [-0.4, -0.2) is 46.1 Å². The number of amides is 2. The summed E-state index contributed by atoms with van der Waals surface area (Å²) < 4.78 is 5.17. The fraction of sp³-hybridized carbons (Fsp3) is 0.360. The maximum absolute atomic E-state index is 13.4. The SMILES string of the molecule is CC[C@H](SC1=Nc2ccccc2C2=N[C@@H]([C@@H](C)CC)C(=O)N12)C(=O)Nc1ccc(OC)cc1. The zero-order valence-corrected chi connectivity index (χ0v) is 20.1. The van der Waals surface area contributed by atoms with Crippen LogP contribution in [0.5, 0.6) is 5.75 Å². The predicted molar refractivity (Wildman–Crippen MR) is 133 cm³/mol. The first kappa shape index (κ1) is 23.0. The van der Waals surface area contributed by atoms with Crippen LogP contribution in [-0.2, 0) is 9.59 Å². The second-order valence-corrected chi connectivity index (χ2v) is 9.27. The number of methoxy groups -OCH3 is 1. The molecule has 7 nitrogen and oxygen atoms in total. The number of carbonyl (C=O) groups excluding carboxylic acids is 2. The second-order valence-electron chi connectivity index (χ2n) is 8.10. The molecule has 2 aliphatic heterocycles. The first-order chi connectivity index (χ1) is 16.0. The van der Waals surface area contributed by atoms with Crippen molar-refractivity contribution in [3.05, 3.63) is 54.1 Å². The van der Waals surface area contributed by atoms with E-state index in [1.165, 1.54) is 11.8 Å². The van der Waals surface area contributed by atoms with E-state index in [2.05, 4.69) is 12.2 Å². The Kier molecular flexibility index (Phi) is 6.83. The minimum absolute atomic E-state index is 0.0782. The van der Waals surface area contributed by atoms with Gasteiger partial charge in [0.15, 0.2) is 5.17 Å². The lowest BCUT2D eigenvalue weighted by Crippen LogP contribution is -2.43. The smallest absolute Gasteiger partial charge is 0.259 e. The van der Waals surface area contributed by atoms with Crippen molar-refractivity contribution in [3.63, 3.8) is 0 Å². The minimum Gasteiger partial charge on any atom is -0.497 e. The molecule has 0 radical (unpaired) electrons. The lowest BCUT2D eigenvalue weighted by atomic mass is 10.00. The number of aliphatic imine (C=N–C) groups is 2. The van der Waals surface area contributed by atoms with Crippen LogP contribution < -0.4 is 10.1 Å². The second kappa shape index (κ2) is 9.79. The number of hydrogen-bond acceptors (Lipinski definition) is 6. The van der Waals surface area contributed by atoms with E-state index in [0.29, 0.717) is 23.1 Å². The number of nitrogens with zero attached hydrogens (tertiary/aromatic N) is 3. The number of anilines is 1. The summed E-state index contributed by atoms with van der Waals surface area (Å²) in [6.07, 6.45) is 1.43. The van der Waals surface area contributed by atoms with Gasteiger partial charge in [-0.05, 0) is 48.7 Å². The van der Waals surface area contributed by atoms with Crippen molar-refractivity contribution in [3.8, 4) is 5.75 Å². The summed E-state index contributed by atoms with van der Waals surface area (Å²) in [7, 11) is 1.60. The maximum atomic E-state index is 13.4. The Balaban J connectivity index is 1.60. The summed E-state index contributed by atoms with van der Waals surface area (Å²) in [5.41, 5.74) is 2.29. The maximum Gasteiger partial charge on any atom is 0.259 e. The molecule has 0 saturated carbocycles. The molecule has 4 rings (SSSR count). The lowest BCUT2D eigenvalue weighted by Gasteiger charge is -2.27. The summed E-state index contributed by atoms with van der Waals surface area (Å²) in [5, 5.41) is 3.03. The Morgan fingerprint density at radius 2 is 1.88 bits per heavy atom. The van der Waals surface area contributed by atoms with Crippen molar-refractivity contribution >= 4 is 46.0 Å². The van der Waals surface area contributed by atoms with E-state index >= 15 is 0 Å². The van der Waals surface area contributed by atoms with E-state index < -0.39 is 11.3 Å². The molecule has 2 aromatic rings. The van der Waals surface area contributed by atoms with Gasteiger partial charge in [0.05, 0.1) is 18.0 Å². The molecule has 2 aromatic carbocycles. The van der Waals surface area contributed by atoms with Crippen LogP contribution in [0.1, 0.15) is 39.2 Å². The van der Waals surface area contributed by atoms with E-state index in [1.54, 1.807) is 36.3 Å². The van der Waals surface area contributed by atoms with Gasteiger partial charge in [0.25, 0.3) is 5.91 Å². The lowest BCUT2D eigenvalue weighted by molar-refractivity contribution is -0.125. The number of amidine groups is 2. The van der Waals surface area contributed by atoms with Crippen LogP contribution in [0.2, 0.25) is 0 Å². The third kappa shape index (κ3) is 4.53. The van der Waals surface area contributed by atoms with Gasteiger partial charge < -0.3 is 10.1 Å². The molecule has 0 saturated heterocycles. The number of ether oxygens (including phenoxy) is 1. The molecule has 172 valence electrons. The first-order valence-corrected chi connectivity index (χ1v) is 12.1. The Bertz CT molecular complexity index is 1110. The quantitative estimate of drug-likeness (QED) is 0.635. The van der Waals surface area contributed by atoms with Crippen molar-refractivity contribution in [2.75, 3.05) is 12.4 Å². The summed E-state index contributed by atoms with van der Waals surface area (Å²) in [6.45, 7) is 6.05. The molecule has 0 bridgehead atoms. The topological polar surface area (TPSA) is 83.4 Å². The largest absolute Gasteiger partial charge is 0.497 e. The number of nitrogens with one attached hydrogen (secondary N) is 1. The van der Waals surface area contributed by atoms with Crippen LogP contribution in [0.3, 0.4) is 0 Å². The van der Waals surface area contributed by atoms with E-state index in [0.717, 1.165) is 23.4 Å². The molecule has 2 heterocycles. The van der Waals surface area contributed by atoms with Gasteiger partial charge >= 0.3 is 0 Å².